The van der Waals surface area contributed by atoms with Crippen molar-refractivity contribution in [2.45, 2.75) is 58.2 Å². The molecule has 4 rings (SSSR count). The van der Waals surface area contributed by atoms with Crippen molar-refractivity contribution in [2.24, 2.45) is 5.92 Å². The Morgan fingerprint density at radius 3 is 2.21 bits per heavy atom. The summed E-state index contributed by atoms with van der Waals surface area (Å²) in [4.78, 5) is 31.0. The van der Waals surface area contributed by atoms with E-state index in [9.17, 15) is 9.59 Å². The van der Waals surface area contributed by atoms with Gasteiger partial charge >= 0.3 is 0 Å². The van der Waals surface area contributed by atoms with Crippen LogP contribution in [0.2, 0.25) is 0 Å². The number of aromatic nitrogens is 1. The maximum Gasteiger partial charge on any atom is 0.242 e. The van der Waals surface area contributed by atoms with Gasteiger partial charge in [0.1, 0.15) is 0 Å². The summed E-state index contributed by atoms with van der Waals surface area (Å²) in [7, 11) is 1.67. The van der Waals surface area contributed by atoms with E-state index in [2.05, 4.69) is 29.0 Å². The van der Waals surface area contributed by atoms with Gasteiger partial charge in [-0.15, -0.1) is 0 Å². The Balaban J connectivity index is 1.52. The number of methoxy groups -OCH3 is 1. The summed E-state index contributed by atoms with van der Waals surface area (Å²) in [6.45, 7) is 2.95. The zero-order chi connectivity index (χ0) is 26.6. The molecule has 6 nitrogen and oxygen atoms in total. The van der Waals surface area contributed by atoms with Crippen molar-refractivity contribution >= 4 is 11.8 Å². The van der Waals surface area contributed by atoms with Crippen molar-refractivity contribution in [2.75, 3.05) is 26.8 Å². The lowest BCUT2D eigenvalue weighted by Crippen LogP contribution is -2.45. The largest absolute Gasteiger partial charge is 0.385 e. The highest BCUT2D eigenvalue weighted by molar-refractivity contribution is 5.86. The van der Waals surface area contributed by atoms with Crippen LogP contribution in [-0.4, -0.2) is 53.0 Å². The third-order valence-corrected chi connectivity index (χ3v) is 7.41. The van der Waals surface area contributed by atoms with Crippen LogP contribution in [0.3, 0.4) is 0 Å². The van der Waals surface area contributed by atoms with Gasteiger partial charge in [0.25, 0.3) is 0 Å². The van der Waals surface area contributed by atoms with Crippen LogP contribution in [0.5, 0.6) is 0 Å². The smallest absolute Gasteiger partial charge is 0.242 e. The summed E-state index contributed by atoms with van der Waals surface area (Å²) in [5.41, 5.74) is 3.36. The second-order valence-corrected chi connectivity index (χ2v) is 10.3. The first kappa shape index (κ1) is 27.6. The maximum atomic E-state index is 13.9. The van der Waals surface area contributed by atoms with Crippen LogP contribution in [0.4, 0.5) is 0 Å². The summed E-state index contributed by atoms with van der Waals surface area (Å²) in [5, 5.41) is 0. The number of carbonyl (C=O) groups is 2. The summed E-state index contributed by atoms with van der Waals surface area (Å²) < 4.78 is 7.44. The van der Waals surface area contributed by atoms with E-state index in [4.69, 9.17) is 4.74 Å². The first-order valence-corrected chi connectivity index (χ1v) is 13.9. The van der Waals surface area contributed by atoms with E-state index < -0.39 is 0 Å². The van der Waals surface area contributed by atoms with E-state index in [0.29, 0.717) is 26.2 Å². The van der Waals surface area contributed by atoms with E-state index in [1.165, 1.54) is 12.0 Å². The average molecular weight is 516 g/mol. The molecule has 0 radical (unpaired) electrons. The van der Waals surface area contributed by atoms with Gasteiger partial charge in [-0.1, -0.05) is 79.9 Å². The Bertz CT molecular complexity index is 1120. The molecule has 2 amide bonds. The Morgan fingerprint density at radius 1 is 0.842 bits per heavy atom. The van der Waals surface area contributed by atoms with Gasteiger partial charge in [-0.05, 0) is 42.5 Å². The minimum absolute atomic E-state index is 0.0251. The lowest BCUT2D eigenvalue weighted by molar-refractivity contribution is -0.144. The molecule has 0 saturated heterocycles. The van der Waals surface area contributed by atoms with Gasteiger partial charge in [0.2, 0.25) is 11.8 Å². The molecule has 1 aromatic heterocycles. The molecule has 1 aliphatic carbocycles. The van der Waals surface area contributed by atoms with Crippen molar-refractivity contribution in [3.8, 4) is 0 Å². The molecular weight excluding hydrogens is 474 g/mol. The Kier molecular flexibility index (Phi) is 10.6. The van der Waals surface area contributed by atoms with Gasteiger partial charge in [0.15, 0.2) is 0 Å². The summed E-state index contributed by atoms with van der Waals surface area (Å²) in [6.07, 6.45) is 8.02. The van der Waals surface area contributed by atoms with E-state index in [-0.39, 0.29) is 24.3 Å². The Hall–Kier alpha value is -3.38. The van der Waals surface area contributed by atoms with Crippen molar-refractivity contribution in [1.29, 1.82) is 0 Å². The number of hydrogen-bond donors (Lipinski definition) is 0. The van der Waals surface area contributed by atoms with Crippen LogP contribution >= 0.6 is 0 Å². The molecule has 1 saturated carbocycles. The third-order valence-electron chi connectivity index (χ3n) is 7.41. The summed E-state index contributed by atoms with van der Waals surface area (Å²) in [5.74, 6) is 0.133. The van der Waals surface area contributed by atoms with Crippen LogP contribution in [-0.2, 0) is 34.0 Å². The van der Waals surface area contributed by atoms with Gasteiger partial charge in [-0.3, -0.25) is 9.59 Å². The predicted molar refractivity (Wildman–Crippen MR) is 150 cm³/mol. The van der Waals surface area contributed by atoms with Crippen LogP contribution < -0.4 is 0 Å². The minimum Gasteiger partial charge on any atom is -0.385 e. The molecule has 1 heterocycles. The molecule has 0 spiro atoms. The van der Waals surface area contributed by atoms with E-state index in [0.717, 1.165) is 49.9 Å². The molecule has 0 bridgehead atoms. The Morgan fingerprint density at radius 2 is 1.53 bits per heavy atom. The summed E-state index contributed by atoms with van der Waals surface area (Å²) in [6, 6.07) is 24.5. The molecule has 1 aliphatic rings. The molecule has 0 aliphatic heterocycles. The number of hydrogen-bond acceptors (Lipinski definition) is 3. The number of benzene rings is 2. The number of nitrogens with zero attached hydrogens (tertiary/aromatic N) is 3. The normalized spacial score (nSPS) is 13.8. The highest BCUT2D eigenvalue weighted by Crippen LogP contribution is 2.26. The lowest BCUT2D eigenvalue weighted by Gasteiger charge is -2.31. The Labute approximate surface area is 227 Å². The number of ether oxygens (including phenoxy) is 1. The zero-order valence-corrected chi connectivity index (χ0v) is 22.6. The van der Waals surface area contributed by atoms with Crippen LogP contribution in [0.15, 0.2) is 79.0 Å². The first-order valence-electron chi connectivity index (χ1n) is 13.9. The quantitative estimate of drug-likeness (QED) is 0.282. The average Bonchev–Trinajstić information content (AvgIpc) is 3.39. The van der Waals surface area contributed by atoms with Crippen LogP contribution in [0.25, 0.3) is 0 Å². The SMILES string of the molecule is COCCCN(CC(=O)N(Cc1ccccc1)Cc1cccn1Cc1ccccc1)C(=O)C1CCCCC1. The van der Waals surface area contributed by atoms with Gasteiger partial charge in [-0.25, -0.2) is 0 Å². The molecule has 38 heavy (non-hydrogen) atoms. The standard InChI is InChI=1S/C32H41N3O3/c1-38-22-12-21-34(32(37)29-17-9-4-10-18-29)26-31(36)35(24-28-15-7-3-8-16-28)25-30-19-11-20-33(30)23-27-13-5-2-6-14-27/h2-3,5-8,11,13-16,19-20,29H,4,9-10,12,17-18,21-26H2,1H3. The molecule has 2 aromatic carbocycles. The molecule has 0 atom stereocenters. The fourth-order valence-electron chi connectivity index (χ4n) is 5.30. The van der Waals surface area contributed by atoms with E-state index in [1.807, 2.05) is 59.5 Å². The topological polar surface area (TPSA) is 54.8 Å². The fourth-order valence-corrected chi connectivity index (χ4v) is 5.30. The second kappa shape index (κ2) is 14.5. The van der Waals surface area contributed by atoms with Crippen LogP contribution in [0.1, 0.15) is 55.3 Å². The molecule has 3 aromatic rings. The van der Waals surface area contributed by atoms with Gasteiger partial charge in [0.05, 0.1) is 13.1 Å². The third kappa shape index (κ3) is 8.06. The number of amides is 2. The first-order chi connectivity index (χ1) is 18.6. The van der Waals surface area contributed by atoms with Crippen molar-refractivity contribution in [3.63, 3.8) is 0 Å². The molecule has 0 N–H and O–H groups in total. The van der Waals surface area contributed by atoms with Gasteiger partial charge < -0.3 is 19.1 Å². The molecule has 202 valence electrons. The molecular formula is C32H41N3O3. The fraction of sp³-hybridized carbons (Fsp3) is 0.438. The maximum absolute atomic E-state index is 13.9. The molecule has 6 heteroatoms. The monoisotopic (exact) mass is 515 g/mol. The molecule has 1 fully saturated rings. The highest BCUT2D eigenvalue weighted by atomic mass is 16.5. The van der Waals surface area contributed by atoms with Gasteiger partial charge in [-0.2, -0.15) is 0 Å². The zero-order valence-electron chi connectivity index (χ0n) is 22.6. The van der Waals surface area contributed by atoms with Crippen LogP contribution in [0, 0.1) is 5.92 Å². The number of rotatable bonds is 13. The van der Waals surface area contributed by atoms with E-state index >= 15 is 0 Å². The molecule has 0 unspecified atom stereocenters. The van der Waals surface area contributed by atoms with Crippen molar-refractivity contribution in [1.82, 2.24) is 14.4 Å². The lowest BCUT2D eigenvalue weighted by atomic mass is 9.88. The predicted octanol–water partition coefficient (Wildman–Crippen LogP) is 5.51. The van der Waals surface area contributed by atoms with Crippen molar-refractivity contribution < 1.29 is 14.3 Å². The van der Waals surface area contributed by atoms with Gasteiger partial charge in [0, 0.05) is 51.2 Å². The second-order valence-electron chi connectivity index (χ2n) is 10.3. The number of carbonyl (C=O) groups excluding carboxylic acids is 2. The van der Waals surface area contributed by atoms with E-state index in [1.54, 1.807) is 12.0 Å². The van der Waals surface area contributed by atoms with Crippen molar-refractivity contribution in [3.05, 3.63) is 95.8 Å². The summed E-state index contributed by atoms with van der Waals surface area (Å²) >= 11 is 0. The minimum atomic E-state index is -0.0251. The highest BCUT2D eigenvalue weighted by Gasteiger charge is 2.28.